The third-order valence-electron chi connectivity index (χ3n) is 5.91. The van der Waals surface area contributed by atoms with Crippen molar-refractivity contribution in [2.75, 3.05) is 41.7 Å². The number of aromatic nitrogens is 3. The van der Waals surface area contributed by atoms with Gasteiger partial charge >= 0.3 is 0 Å². The molecule has 0 unspecified atom stereocenters. The van der Waals surface area contributed by atoms with E-state index in [2.05, 4.69) is 80.4 Å². The molecule has 6 nitrogen and oxygen atoms in total. The van der Waals surface area contributed by atoms with Crippen molar-refractivity contribution >= 4 is 28.1 Å². The number of benzene rings is 2. The molecule has 0 atom stereocenters. The molecule has 1 fully saturated rings. The highest BCUT2D eigenvalue weighted by atomic mass is 15.3. The van der Waals surface area contributed by atoms with Crippen molar-refractivity contribution in [2.45, 2.75) is 13.3 Å². The second-order valence-electron chi connectivity index (χ2n) is 8.10. The number of anilines is 3. The molecule has 2 aromatic carbocycles. The van der Waals surface area contributed by atoms with Crippen LogP contribution in [0.5, 0.6) is 0 Å². The molecule has 0 spiro atoms. The van der Waals surface area contributed by atoms with E-state index in [4.69, 9.17) is 5.73 Å². The molecule has 0 aliphatic carbocycles. The lowest BCUT2D eigenvalue weighted by atomic mass is 10.0. The summed E-state index contributed by atoms with van der Waals surface area (Å²) in [5.74, 6) is 1.94. The van der Waals surface area contributed by atoms with Gasteiger partial charge in [0.2, 0.25) is 0 Å². The van der Waals surface area contributed by atoms with Crippen molar-refractivity contribution < 1.29 is 0 Å². The molecule has 31 heavy (non-hydrogen) atoms. The first kappa shape index (κ1) is 19.3. The number of nitrogens with two attached hydrogens (primary N) is 1. The van der Waals surface area contributed by atoms with E-state index in [1.165, 1.54) is 21.9 Å². The third kappa shape index (κ3) is 4.01. The zero-order valence-corrected chi connectivity index (χ0v) is 17.7. The summed E-state index contributed by atoms with van der Waals surface area (Å²) in [6, 6.07) is 21.0. The Bertz CT molecular complexity index is 1180. The Morgan fingerprint density at radius 2 is 1.52 bits per heavy atom. The molecule has 0 radical (unpaired) electrons. The molecule has 4 aromatic rings. The molecule has 3 heterocycles. The maximum absolute atomic E-state index is 5.77. The number of nitrogen functional groups attached to an aromatic ring is 1. The largest absolute Gasteiger partial charge is 0.397 e. The monoisotopic (exact) mass is 410 g/mol. The molecular formula is C25H26N6. The Labute approximate surface area is 182 Å². The minimum absolute atomic E-state index is 0.690. The van der Waals surface area contributed by atoms with Crippen molar-refractivity contribution in [3.05, 3.63) is 83.7 Å². The Morgan fingerprint density at radius 1 is 0.806 bits per heavy atom. The van der Waals surface area contributed by atoms with E-state index in [9.17, 15) is 0 Å². The average molecular weight is 411 g/mol. The number of hydrogen-bond donors (Lipinski definition) is 1. The first-order valence-corrected chi connectivity index (χ1v) is 10.7. The Hall–Kier alpha value is -3.67. The van der Waals surface area contributed by atoms with E-state index >= 15 is 0 Å². The van der Waals surface area contributed by atoms with Crippen molar-refractivity contribution in [1.82, 2.24) is 15.2 Å². The van der Waals surface area contributed by atoms with Gasteiger partial charge in [-0.25, -0.2) is 4.98 Å². The van der Waals surface area contributed by atoms with Gasteiger partial charge in [0.15, 0.2) is 5.82 Å². The van der Waals surface area contributed by atoms with Gasteiger partial charge in [-0.15, -0.1) is 5.10 Å². The van der Waals surface area contributed by atoms with Crippen LogP contribution in [0, 0.1) is 6.92 Å². The fourth-order valence-corrected chi connectivity index (χ4v) is 4.14. The van der Waals surface area contributed by atoms with Crippen molar-refractivity contribution in [1.29, 1.82) is 0 Å². The van der Waals surface area contributed by atoms with Crippen LogP contribution < -0.4 is 15.5 Å². The summed E-state index contributed by atoms with van der Waals surface area (Å²) in [4.78, 5) is 9.08. The minimum Gasteiger partial charge on any atom is -0.397 e. The summed E-state index contributed by atoms with van der Waals surface area (Å²) in [6.07, 6.45) is 2.50. The Balaban J connectivity index is 1.38. The average Bonchev–Trinajstić information content (AvgIpc) is 2.81. The molecule has 0 saturated carbocycles. The predicted octanol–water partition coefficient (Wildman–Crippen LogP) is 3.83. The topological polar surface area (TPSA) is 71.2 Å². The normalized spacial score (nSPS) is 14.2. The zero-order valence-electron chi connectivity index (χ0n) is 17.7. The van der Waals surface area contributed by atoms with Gasteiger partial charge in [0, 0.05) is 43.4 Å². The highest BCUT2D eigenvalue weighted by molar-refractivity contribution is 5.93. The van der Waals surface area contributed by atoms with Crippen LogP contribution >= 0.6 is 0 Å². The van der Waals surface area contributed by atoms with Crippen LogP contribution in [0.2, 0.25) is 0 Å². The Morgan fingerprint density at radius 3 is 2.23 bits per heavy atom. The molecule has 2 N–H and O–H groups in total. The Kier molecular flexibility index (Phi) is 5.12. The maximum Gasteiger partial charge on any atom is 0.159 e. The highest BCUT2D eigenvalue weighted by Crippen LogP contribution is 2.28. The molecule has 156 valence electrons. The summed E-state index contributed by atoms with van der Waals surface area (Å²) < 4.78 is 0. The van der Waals surface area contributed by atoms with Crippen LogP contribution in [0.25, 0.3) is 10.8 Å². The summed E-state index contributed by atoms with van der Waals surface area (Å²) in [6.45, 7) is 5.64. The third-order valence-corrected chi connectivity index (χ3v) is 5.91. The number of piperazine rings is 1. The van der Waals surface area contributed by atoms with Crippen LogP contribution in [0.4, 0.5) is 17.3 Å². The van der Waals surface area contributed by atoms with Crippen molar-refractivity contribution in [3.63, 3.8) is 0 Å². The number of hydrogen-bond acceptors (Lipinski definition) is 6. The van der Waals surface area contributed by atoms with Gasteiger partial charge < -0.3 is 15.5 Å². The number of nitrogens with zero attached hydrogens (tertiary/aromatic N) is 5. The quantitative estimate of drug-likeness (QED) is 0.551. The van der Waals surface area contributed by atoms with Gasteiger partial charge in [-0.05, 0) is 24.6 Å². The molecular weight excluding hydrogens is 384 g/mol. The molecule has 0 amide bonds. The lowest BCUT2D eigenvalue weighted by molar-refractivity contribution is 0.639. The fraction of sp³-hybridized carbons (Fsp3) is 0.240. The van der Waals surface area contributed by atoms with E-state index in [-0.39, 0.29) is 0 Å². The first-order chi connectivity index (χ1) is 15.2. The van der Waals surface area contributed by atoms with Gasteiger partial charge in [-0.3, -0.25) is 0 Å². The summed E-state index contributed by atoms with van der Waals surface area (Å²) in [7, 11) is 0. The van der Waals surface area contributed by atoms with Gasteiger partial charge in [0.05, 0.1) is 17.6 Å². The molecule has 5 rings (SSSR count). The molecule has 0 bridgehead atoms. The van der Waals surface area contributed by atoms with Gasteiger partial charge in [-0.1, -0.05) is 54.1 Å². The first-order valence-electron chi connectivity index (χ1n) is 10.7. The van der Waals surface area contributed by atoms with Crippen LogP contribution in [-0.4, -0.2) is 41.4 Å². The van der Waals surface area contributed by atoms with Crippen LogP contribution in [0.1, 0.15) is 16.8 Å². The van der Waals surface area contributed by atoms with Crippen molar-refractivity contribution in [2.24, 2.45) is 0 Å². The number of aryl methyl sites for hydroxylation is 1. The lowest BCUT2D eigenvalue weighted by Gasteiger charge is -2.36. The smallest absolute Gasteiger partial charge is 0.159 e. The highest BCUT2D eigenvalue weighted by Gasteiger charge is 2.22. The van der Waals surface area contributed by atoms with Crippen LogP contribution in [-0.2, 0) is 6.42 Å². The second-order valence-corrected chi connectivity index (χ2v) is 8.10. The molecule has 1 saturated heterocycles. The second kappa shape index (κ2) is 8.22. The maximum atomic E-state index is 5.77. The van der Waals surface area contributed by atoms with Gasteiger partial charge in [0.1, 0.15) is 5.82 Å². The molecule has 2 aromatic heterocycles. The van der Waals surface area contributed by atoms with Crippen LogP contribution in [0.15, 0.2) is 66.9 Å². The van der Waals surface area contributed by atoms with E-state index in [0.717, 1.165) is 49.9 Å². The summed E-state index contributed by atoms with van der Waals surface area (Å²) >= 11 is 0. The predicted molar refractivity (Wildman–Crippen MR) is 127 cm³/mol. The number of fused-ring (bicyclic) bond motifs is 1. The number of rotatable bonds is 4. The van der Waals surface area contributed by atoms with Gasteiger partial charge in [0.25, 0.3) is 0 Å². The fourth-order valence-electron chi connectivity index (χ4n) is 4.14. The zero-order chi connectivity index (χ0) is 21.2. The number of pyridine rings is 1. The minimum atomic E-state index is 0.690. The molecule has 6 heteroatoms. The van der Waals surface area contributed by atoms with Gasteiger partial charge in [-0.2, -0.15) is 5.10 Å². The van der Waals surface area contributed by atoms with E-state index in [0.29, 0.717) is 5.69 Å². The molecule has 1 aliphatic rings. The van der Waals surface area contributed by atoms with E-state index in [1.54, 1.807) is 6.20 Å². The summed E-state index contributed by atoms with van der Waals surface area (Å²) in [5, 5.41) is 11.7. The summed E-state index contributed by atoms with van der Waals surface area (Å²) in [5.41, 5.74) is 10.0. The van der Waals surface area contributed by atoms with Crippen LogP contribution in [0.3, 0.4) is 0 Å². The molecule has 1 aliphatic heterocycles. The van der Waals surface area contributed by atoms with Crippen molar-refractivity contribution in [3.8, 4) is 0 Å². The standard InChI is InChI=1S/C25H26N6/c1-18-6-8-19(9-7-18)16-23-21-4-2-3-5-22(21)25(29-28-23)31-14-12-30(13-15-31)24-11-10-20(26)17-27-24/h2-11,17H,12-16,26H2,1H3. The van der Waals surface area contributed by atoms with E-state index < -0.39 is 0 Å². The lowest BCUT2D eigenvalue weighted by Crippen LogP contribution is -2.47. The SMILES string of the molecule is Cc1ccc(Cc2nnc(N3CCN(c4ccc(N)cn4)CC3)c3ccccc23)cc1. The van der Waals surface area contributed by atoms with E-state index in [1.807, 2.05) is 12.1 Å².